The molecule has 1 unspecified atom stereocenters. The van der Waals surface area contributed by atoms with E-state index < -0.39 is 0 Å². The molecule has 1 aromatic rings. The van der Waals surface area contributed by atoms with Gasteiger partial charge >= 0.3 is 6.01 Å². The van der Waals surface area contributed by atoms with Gasteiger partial charge < -0.3 is 14.8 Å². The van der Waals surface area contributed by atoms with Crippen LogP contribution in [0.1, 0.15) is 31.1 Å². The third kappa shape index (κ3) is 2.42. The Morgan fingerprint density at radius 1 is 1.24 bits per heavy atom. The first-order chi connectivity index (χ1) is 8.43. The SMILES string of the molecule is C1CCn2nc(C3CCOCCN3)nc2OC1. The van der Waals surface area contributed by atoms with Crippen LogP contribution < -0.4 is 10.1 Å². The molecule has 94 valence electrons. The highest BCUT2D eigenvalue weighted by Gasteiger charge is 2.22. The van der Waals surface area contributed by atoms with Crippen molar-refractivity contribution in [2.45, 2.75) is 31.8 Å². The summed E-state index contributed by atoms with van der Waals surface area (Å²) in [6.07, 6.45) is 3.11. The quantitative estimate of drug-likeness (QED) is 0.772. The largest absolute Gasteiger partial charge is 0.464 e. The average molecular weight is 238 g/mol. The third-order valence-electron chi connectivity index (χ3n) is 3.15. The van der Waals surface area contributed by atoms with Crippen LogP contribution in [0.4, 0.5) is 0 Å². The molecule has 1 saturated heterocycles. The minimum Gasteiger partial charge on any atom is -0.464 e. The molecule has 0 aromatic carbocycles. The molecule has 0 spiro atoms. The standard InChI is InChI=1S/C11H18N4O2/c1-2-6-17-11-13-10(14-15(11)5-1)9-3-7-16-8-4-12-9/h9,12H,1-8H2. The maximum atomic E-state index is 5.58. The molecule has 0 bridgehead atoms. The first-order valence-corrected chi connectivity index (χ1v) is 6.32. The number of ether oxygens (including phenoxy) is 2. The molecular weight excluding hydrogens is 220 g/mol. The Morgan fingerprint density at radius 3 is 3.24 bits per heavy atom. The van der Waals surface area contributed by atoms with Crippen molar-refractivity contribution in [3.05, 3.63) is 5.82 Å². The van der Waals surface area contributed by atoms with Crippen LogP contribution in [-0.4, -0.2) is 41.1 Å². The van der Waals surface area contributed by atoms with E-state index in [-0.39, 0.29) is 6.04 Å². The molecule has 3 heterocycles. The zero-order valence-corrected chi connectivity index (χ0v) is 9.89. The second-order valence-electron chi connectivity index (χ2n) is 4.44. The summed E-state index contributed by atoms with van der Waals surface area (Å²) < 4.78 is 12.9. The normalized spacial score (nSPS) is 25.5. The predicted octanol–water partition coefficient (Wildman–Crippen LogP) is 0.502. The summed E-state index contributed by atoms with van der Waals surface area (Å²) in [6, 6.07) is 0.866. The van der Waals surface area contributed by atoms with Crippen molar-refractivity contribution in [1.82, 2.24) is 20.1 Å². The van der Waals surface area contributed by atoms with E-state index in [9.17, 15) is 0 Å². The monoisotopic (exact) mass is 238 g/mol. The van der Waals surface area contributed by atoms with Crippen molar-refractivity contribution in [2.24, 2.45) is 0 Å². The van der Waals surface area contributed by atoms with Gasteiger partial charge in [0, 0.05) is 19.7 Å². The van der Waals surface area contributed by atoms with Gasteiger partial charge in [0.1, 0.15) is 0 Å². The smallest absolute Gasteiger partial charge is 0.315 e. The number of nitrogens with one attached hydrogen (secondary N) is 1. The Hall–Kier alpha value is -1.14. The second-order valence-corrected chi connectivity index (χ2v) is 4.44. The number of hydrogen-bond acceptors (Lipinski definition) is 5. The van der Waals surface area contributed by atoms with Crippen LogP contribution >= 0.6 is 0 Å². The molecule has 3 rings (SSSR count). The fourth-order valence-electron chi connectivity index (χ4n) is 2.20. The summed E-state index contributed by atoms with van der Waals surface area (Å²) in [4.78, 5) is 4.49. The van der Waals surface area contributed by atoms with Gasteiger partial charge in [-0.05, 0) is 19.3 Å². The van der Waals surface area contributed by atoms with Crippen LogP contribution in [0.15, 0.2) is 0 Å². The summed E-state index contributed by atoms with van der Waals surface area (Å²) in [5.41, 5.74) is 0. The van der Waals surface area contributed by atoms with Gasteiger partial charge in [-0.2, -0.15) is 10.1 Å². The molecule has 0 saturated carbocycles. The van der Waals surface area contributed by atoms with Gasteiger partial charge in [-0.1, -0.05) is 0 Å². The van der Waals surface area contributed by atoms with Gasteiger partial charge in [-0.3, -0.25) is 0 Å². The van der Waals surface area contributed by atoms with Crippen molar-refractivity contribution in [1.29, 1.82) is 0 Å². The molecule has 1 N–H and O–H groups in total. The van der Waals surface area contributed by atoms with Crippen LogP contribution in [0.25, 0.3) is 0 Å². The van der Waals surface area contributed by atoms with Crippen molar-refractivity contribution in [3.8, 4) is 6.01 Å². The Balaban J connectivity index is 1.78. The molecule has 1 fully saturated rings. The van der Waals surface area contributed by atoms with E-state index in [4.69, 9.17) is 9.47 Å². The molecule has 0 amide bonds. The maximum absolute atomic E-state index is 5.58. The van der Waals surface area contributed by atoms with Gasteiger partial charge in [-0.15, -0.1) is 0 Å². The Morgan fingerprint density at radius 2 is 2.24 bits per heavy atom. The topological polar surface area (TPSA) is 61.2 Å². The van der Waals surface area contributed by atoms with E-state index in [1.807, 2.05) is 4.68 Å². The van der Waals surface area contributed by atoms with Crippen LogP contribution in [0.3, 0.4) is 0 Å². The molecule has 6 nitrogen and oxygen atoms in total. The van der Waals surface area contributed by atoms with E-state index in [1.165, 1.54) is 0 Å². The molecule has 2 aliphatic rings. The zero-order chi connectivity index (χ0) is 11.5. The number of hydrogen-bond donors (Lipinski definition) is 1. The van der Waals surface area contributed by atoms with Crippen LogP contribution in [-0.2, 0) is 11.3 Å². The van der Waals surface area contributed by atoms with Crippen molar-refractivity contribution in [2.75, 3.05) is 26.4 Å². The van der Waals surface area contributed by atoms with E-state index in [2.05, 4.69) is 15.4 Å². The first-order valence-electron chi connectivity index (χ1n) is 6.32. The van der Waals surface area contributed by atoms with E-state index in [0.717, 1.165) is 58.0 Å². The van der Waals surface area contributed by atoms with Crippen molar-refractivity contribution >= 4 is 0 Å². The lowest BCUT2D eigenvalue weighted by Gasteiger charge is -2.09. The summed E-state index contributed by atoms with van der Waals surface area (Å²) in [7, 11) is 0. The highest BCUT2D eigenvalue weighted by atomic mass is 16.5. The van der Waals surface area contributed by atoms with Gasteiger partial charge in [0.25, 0.3) is 0 Å². The number of aryl methyl sites for hydroxylation is 1. The molecule has 6 heteroatoms. The minimum absolute atomic E-state index is 0.195. The molecule has 2 aliphatic heterocycles. The molecule has 1 aromatic heterocycles. The summed E-state index contributed by atoms with van der Waals surface area (Å²) in [6.45, 7) is 4.04. The van der Waals surface area contributed by atoms with Crippen LogP contribution in [0.2, 0.25) is 0 Å². The maximum Gasteiger partial charge on any atom is 0.315 e. The van der Waals surface area contributed by atoms with Gasteiger partial charge in [0.05, 0.1) is 19.3 Å². The van der Waals surface area contributed by atoms with Gasteiger partial charge in [0.2, 0.25) is 0 Å². The Labute approximate surface area is 100 Å². The lowest BCUT2D eigenvalue weighted by molar-refractivity contribution is 0.149. The number of rotatable bonds is 1. The summed E-state index contributed by atoms with van der Waals surface area (Å²) in [5.74, 6) is 0.840. The number of fused-ring (bicyclic) bond motifs is 1. The fraction of sp³-hybridized carbons (Fsp3) is 0.818. The Kier molecular flexibility index (Phi) is 3.24. The van der Waals surface area contributed by atoms with E-state index >= 15 is 0 Å². The highest BCUT2D eigenvalue weighted by molar-refractivity contribution is 5.04. The van der Waals surface area contributed by atoms with E-state index in [1.54, 1.807) is 0 Å². The van der Waals surface area contributed by atoms with Crippen molar-refractivity contribution in [3.63, 3.8) is 0 Å². The lowest BCUT2D eigenvalue weighted by Crippen LogP contribution is -2.23. The molecule has 1 atom stereocenters. The predicted molar refractivity (Wildman–Crippen MR) is 60.9 cm³/mol. The van der Waals surface area contributed by atoms with Crippen molar-refractivity contribution < 1.29 is 9.47 Å². The first kappa shape index (κ1) is 11.0. The Bertz CT molecular complexity index is 348. The fourth-order valence-corrected chi connectivity index (χ4v) is 2.20. The molecule has 0 aliphatic carbocycles. The average Bonchev–Trinajstić information content (AvgIpc) is 2.58. The molecular formula is C11H18N4O2. The zero-order valence-electron chi connectivity index (χ0n) is 9.89. The highest BCUT2D eigenvalue weighted by Crippen LogP contribution is 2.20. The van der Waals surface area contributed by atoms with E-state index in [0.29, 0.717) is 6.01 Å². The number of aromatic nitrogens is 3. The molecule has 17 heavy (non-hydrogen) atoms. The second kappa shape index (κ2) is 5.01. The van der Waals surface area contributed by atoms with Crippen LogP contribution in [0.5, 0.6) is 6.01 Å². The number of nitrogens with zero attached hydrogens (tertiary/aromatic N) is 3. The third-order valence-corrected chi connectivity index (χ3v) is 3.15. The van der Waals surface area contributed by atoms with Gasteiger partial charge in [-0.25, -0.2) is 4.68 Å². The minimum atomic E-state index is 0.195. The lowest BCUT2D eigenvalue weighted by atomic mass is 10.2. The van der Waals surface area contributed by atoms with Gasteiger partial charge in [0.15, 0.2) is 5.82 Å². The molecule has 0 radical (unpaired) electrons. The summed E-state index contributed by atoms with van der Waals surface area (Å²) in [5, 5.41) is 7.94. The van der Waals surface area contributed by atoms with Crippen LogP contribution in [0, 0.1) is 0 Å². The summed E-state index contributed by atoms with van der Waals surface area (Å²) >= 11 is 0.